The van der Waals surface area contributed by atoms with E-state index in [1.54, 1.807) is 11.0 Å². The highest BCUT2D eigenvalue weighted by atomic mass is 35.5. The SMILES string of the molecule is Cc1ccc2c(c1)N(CCCCl)C(=O)c1ccnnc1O2. The summed E-state index contributed by atoms with van der Waals surface area (Å²) in [6, 6.07) is 7.33. The van der Waals surface area contributed by atoms with E-state index in [1.807, 2.05) is 25.1 Å². The number of alkyl halides is 1. The second-order valence-corrected chi connectivity index (χ2v) is 5.20. The van der Waals surface area contributed by atoms with Crippen molar-refractivity contribution in [3.05, 3.63) is 41.6 Å². The van der Waals surface area contributed by atoms with Gasteiger partial charge in [0.25, 0.3) is 11.8 Å². The van der Waals surface area contributed by atoms with Crippen LogP contribution in [-0.2, 0) is 0 Å². The van der Waals surface area contributed by atoms with E-state index in [1.165, 1.54) is 6.20 Å². The van der Waals surface area contributed by atoms with E-state index in [2.05, 4.69) is 10.2 Å². The van der Waals surface area contributed by atoms with E-state index in [0.717, 1.165) is 11.3 Å². The fourth-order valence-corrected chi connectivity index (χ4v) is 2.40. The zero-order valence-corrected chi connectivity index (χ0v) is 12.3. The van der Waals surface area contributed by atoms with Gasteiger partial charge in [-0.3, -0.25) is 4.79 Å². The molecule has 1 aromatic heterocycles. The Bertz CT molecular complexity index is 690. The van der Waals surface area contributed by atoms with Gasteiger partial charge in [0.15, 0.2) is 5.75 Å². The number of amides is 1. The Kier molecular flexibility index (Phi) is 3.75. The van der Waals surface area contributed by atoms with Crippen molar-refractivity contribution < 1.29 is 9.53 Å². The minimum atomic E-state index is -0.144. The molecule has 0 saturated heterocycles. The number of hydrogen-bond acceptors (Lipinski definition) is 4. The van der Waals surface area contributed by atoms with Crippen LogP contribution < -0.4 is 9.64 Å². The molecule has 0 bridgehead atoms. The molecule has 1 aromatic carbocycles. The molecule has 0 saturated carbocycles. The summed E-state index contributed by atoms with van der Waals surface area (Å²) in [6.45, 7) is 2.51. The molecule has 0 atom stereocenters. The van der Waals surface area contributed by atoms with E-state index in [-0.39, 0.29) is 11.8 Å². The molecular formula is C15H14ClN3O2. The number of benzene rings is 1. The molecular weight excluding hydrogens is 290 g/mol. The quantitative estimate of drug-likeness (QED) is 0.817. The highest BCUT2D eigenvalue weighted by Gasteiger charge is 2.28. The van der Waals surface area contributed by atoms with Gasteiger partial charge >= 0.3 is 0 Å². The van der Waals surface area contributed by atoms with Gasteiger partial charge in [-0.15, -0.1) is 16.7 Å². The molecule has 1 aliphatic heterocycles. The second kappa shape index (κ2) is 5.69. The van der Waals surface area contributed by atoms with Crippen LogP contribution in [0.2, 0.25) is 0 Å². The van der Waals surface area contributed by atoms with Crippen LogP contribution in [0.5, 0.6) is 11.6 Å². The van der Waals surface area contributed by atoms with Gasteiger partial charge in [0.2, 0.25) is 0 Å². The Balaban J connectivity index is 2.14. The van der Waals surface area contributed by atoms with E-state index in [9.17, 15) is 4.79 Å². The predicted octanol–water partition coefficient (Wildman–Crippen LogP) is 3.17. The van der Waals surface area contributed by atoms with E-state index < -0.39 is 0 Å². The number of hydrogen-bond donors (Lipinski definition) is 0. The lowest BCUT2D eigenvalue weighted by molar-refractivity contribution is 0.0986. The number of carbonyl (C=O) groups excluding carboxylic acids is 1. The number of nitrogens with zero attached hydrogens (tertiary/aromatic N) is 3. The third kappa shape index (κ3) is 2.56. The molecule has 6 heteroatoms. The topological polar surface area (TPSA) is 55.3 Å². The molecule has 0 fully saturated rings. The second-order valence-electron chi connectivity index (χ2n) is 4.82. The summed E-state index contributed by atoms with van der Waals surface area (Å²) in [5, 5.41) is 7.70. The van der Waals surface area contributed by atoms with Gasteiger partial charge in [-0.2, -0.15) is 5.10 Å². The van der Waals surface area contributed by atoms with Crippen LogP contribution in [0.3, 0.4) is 0 Å². The van der Waals surface area contributed by atoms with Crippen molar-refractivity contribution >= 4 is 23.2 Å². The lowest BCUT2D eigenvalue weighted by Gasteiger charge is -2.22. The predicted molar refractivity (Wildman–Crippen MR) is 80.3 cm³/mol. The zero-order chi connectivity index (χ0) is 14.8. The molecule has 0 radical (unpaired) electrons. The smallest absolute Gasteiger partial charge is 0.264 e. The maximum absolute atomic E-state index is 12.8. The van der Waals surface area contributed by atoms with E-state index in [4.69, 9.17) is 16.3 Å². The van der Waals surface area contributed by atoms with Crippen molar-refractivity contribution in [3.8, 4) is 11.6 Å². The lowest BCUT2D eigenvalue weighted by atomic mass is 10.1. The minimum Gasteiger partial charge on any atom is -0.435 e. The first-order valence-electron chi connectivity index (χ1n) is 6.68. The standard InChI is InChI=1S/C15H14ClN3O2/c1-10-3-4-13-12(9-10)19(8-2-6-16)15(20)11-5-7-17-18-14(11)21-13/h3-5,7,9H,2,6,8H2,1H3. The van der Waals surface area contributed by atoms with E-state index in [0.29, 0.717) is 30.2 Å². The van der Waals surface area contributed by atoms with Crippen molar-refractivity contribution in [2.45, 2.75) is 13.3 Å². The zero-order valence-electron chi connectivity index (χ0n) is 11.5. The van der Waals surface area contributed by atoms with Crippen LogP contribution in [-0.4, -0.2) is 28.5 Å². The number of fused-ring (bicyclic) bond motifs is 2. The molecule has 2 aromatic rings. The fraction of sp³-hybridized carbons (Fsp3) is 0.267. The molecule has 1 aliphatic rings. The highest BCUT2D eigenvalue weighted by molar-refractivity contribution is 6.18. The Labute approximate surface area is 127 Å². The first kappa shape index (κ1) is 13.8. The van der Waals surface area contributed by atoms with Crippen molar-refractivity contribution in [2.24, 2.45) is 0 Å². The molecule has 108 valence electrons. The molecule has 3 rings (SSSR count). The maximum Gasteiger partial charge on any atom is 0.264 e. The molecule has 5 nitrogen and oxygen atoms in total. The summed E-state index contributed by atoms with van der Waals surface area (Å²) >= 11 is 5.78. The number of halogens is 1. The molecule has 21 heavy (non-hydrogen) atoms. The molecule has 0 N–H and O–H groups in total. The average Bonchev–Trinajstić information content (AvgIpc) is 2.60. The molecule has 0 spiro atoms. The van der Waals surface area contributed by atoms with Crippen molar-refractivity contribution in [2.75, 3.05) is 17.3 Å². The summed E-state index contributed by atoms with van der Waals surface area (Å²) in [5.41, 5.74) is 2.20. The summed E-state index contributed by atoms with van der Waals surface area (Å²) in [7, 11) is 0. The third-order valence-electron chi connectivity index (χ3n) is 3.29. The largest absolute Gasteiger partial charge is 0.435 e. The summed E-state index contributed by atoms with van der Waals surface area (Å²) < 4.78 is 5.77. The third-order valence-corrected chi connectivity index (χ3v) is 3.56. The Morgan fingerprint density at radius 1 is 1.33 bits per heavy atom. The highest BCUT2D eigenvalue weighted by Crippen LogP contribution is 2.38. The Morgan fingerprint density at radius 3 is 3.00 bits per heavy atom. The normalized spacial score (nSPS) is 13.2. The number of anilines is 1. The number of carbonyl (C=O) groups is 1. The van der Waals surface area contributed by atoms with Crippen LogP contribution in [0.15, 0.2) is 30.5 Å². The summed E-state index contributed by atoms with van der Waals surface area (Å²) in [5.74, 6) is 1.19. The first-order chi connectivity index (χ1) is 10.2. The van der Waals surface area contributed by atoms with Crippen LogP contribution in [0, 0.1) is 6.92 Å². The Morgan fingerprint density at radius 2 is 2.19 bits per heavy atom. The van der Waals surface area contributed by atoms with Crippen LogP contribution in [0.1, 0.15) is 22.3 Å². The van der Waals surface area contributed by atoms with Crippen LogP contribution >= 0.6 is 11.6 Å². The average molecular weight is 304 g/mol. The van der Waals surface area contributed by atoms with Crippen LogP contribution in [0.4, 0.5) is 5.69 Å². The van der Waals surface area contributed by atoms with Gasteiger partial charge in [-0.1, -0.05) is 6.07 Å². The molecule has 2 heterocycles. The first-order valence-corrected chi connectivity index (χ1v) is 7.22. The number of aryl methyl sites for hydroxylation is 1. The van der Waals surface area contributed by atoms with Gasteiger partial charge < -0.3 is 9.64 Å². The fourth-order valence-electron chi connectivity index (χ4n) is 2.28. The van der Waals surface area contributed by atoms with Crippen molar-refractivity contribution in [1.29, 1.82) is 0 Å². The van der Waals surface area contributed by atoms with Gasteiger partial charge in [0.05, 0.1) is 11.9 Å². The van der Waals surface area contributed by atoms with Gasteiger partial charge in [0, 0.05) is 12.4 Å². The van der Waals surface area contributed by atoms with Gasteiger partial charge in [-0.05, 0) is 37.1 Å². The lowest BCUT2D eigenvalue weighted by Crippen LogP contribution is -2.31. The Hall–Kier alpha value is -2.14. The monoisotopic (exact) mass is 303 g/mol. The summed E-state index contributed by atoms with van der Waals surface area (Å²) in [6.07, 6.45) is 2.19. The molecule has 0 unspecified atom stereocenters. The van der Waals surface area contributed by atoms with Crippen molar-refractivity contribution in [3.63, 3.8) is 0 Å². The molecule has 1 amide bonds. The number of ether oxygens (including phenoxy) is 1. The van der Waals surface area contributed by atoms with Gasteiger partial charge in [0.1, 0.15) is 5.56 Å². The minimum absolute atomic E-state index is 0.144. The number of aromatic nitrogens is 2. The summed E-state index contributed by atoms with van der Waals surface area (Å²) in [4.78, 5) is 14.4. The van der Waals surface area contributed by atoms with E-state index >= 15 is 0 Å². The number of rotatable bonds is 3. The van der Waals surface area contributed by atoms with Gasteiger partial charge in [-0.25, -0.2) is 0 Å². The van der Waals surface area contributed by atoms with Crippen LogP contribution in [0.25, 0.3) is 0 Å². The maximum atomic E-state index is 12.8. The van der Waals surface area contributed by atoms with Crippen molar-refractivity contribution in [1.82, 2.24) is 10.2 Å². The molecule has 0 aliphatic carbocycles.